The van der Waals surface area contributed by atoms with Gasteiger partial charge in [0, 0.05) is 6.54 Å². The Bertz CT molecular complexity index is 496. The Balaban J connectivity index is 2.75. The lowest BCUT2D eigenvalue weighted by Crippen LogP contribution is -2.40. The first kappa shape index (κ1) is 14.9. The Morgan fingerprint density at radius 3 is 2.22 bits per heavy atom. The number of benzene rings is 1. The number of sulfonamides is 1. The highest BCUT2D eigenvalue weighted by Crippen LogP contribution is 2.19. The maximum atomic E-state index is 12.0. The molecule has 0 amide bonds. The van der Waals surface area contributed by atoms with Crippen LogP contribution in [0, 0.1) is 6.92 Å². The number of hydrogen-bond acceptors (Lipinski definition) is 3. The molecule has 0 saturated heterocycles. The lowest BCUT2D eigenvalue weighted by Gasteiger charge is -2.15. The summed E-state index contributed by atoms with van der Waals surface area (Å²) in [7, 11) is -4.04. The first-order chi connectivity index (χ1) is 8.13. The van der Waals surface area contributed by atoms with Gasteiger partial charge in [-0.15, -0.1) is 0 Å². The summed E-state index contributed by atoms with van der Waals surface area (Å²) in [4.78, 5) is -0.150. The summed E-state index contributed by atoms with van der Waals surface area (Å²) in [6.07, 6.45) is -7.58. The Labute approximate surface area is 102 Å². The summed E-state index contributed by atoms with van der Waals surface area (Å²) in [5.41, 5.74) is 0.823. The van der Waals surface area contributed by atoms with Crippen molar-refractivity contribution >= 4 is 10.0 Å². The molecule has 0 aliphatic carbocycles. The van der Waals surface area contributed by atoms with Gasteiger partial charge in [0.05, 0.1) is 4.90 Å². The number of hydrogen-bond donors (Lipinski definition) is 2. The number of halogens is 3. The van der Waals surface area contributed by atoms with Crippen molar-refractivity contribution in [3.8, 4) is 0 Å². The third kappa shape index (κ3) is 3.97. The van der Waals surface area contributed by atoms with Gasteiger partial charge >= 0.3 is 6.18 Å². The van der Waals surface area contributed by atoms with Crippen molar-refractivity contribution in [1.82, 2.24) is 4.72 Å². The van der Waals surface area contributed by atoms with Gasteiger partial charge in [0.2, 0.25) is 10.0 Å². The number of nitrogens with one attached hydrogen (secondary N) is 1. The Morgan fingerprint density at radius 2 is 1.78 bits per heavy atom. The molecular weight excluding hydrogens is 271 g/mol. The van der Waals surface area contributed by atoms with E-state index in [1.807, 2.05) is 0 Å². The molecule has 0 aliphatic heterocycles. The van der Waals surface area contributed by atoms with Crippen molar-refractivity contribution in [3.05, 3.63) is 29.8 Å². The Morgan fingerprint density at radius 1 is 1.28 bits per heavy atom. The van der Waals surface area contributed by atoms with Crippen molar-refractivity contribution in [3.63, 3.8) is 0 Å². The first-order valence-electron chi connectivity index (χ1n) is 4.94. The molecule has 1 aromatic carbocycles. The highest BCUT2D eigenvalue weighted by atomic mass is 32.2. The quantitative estimate of drug-likeness (QED) is 0.872. The van der Waals surface area contributed by atoms with E-state index in [-0.39, 0.29) is 4.90 Å². The molecule has 0 spiro atoms. The van der Waals surface area contributed by atoms with Crippen molar-refractivity contribution in [2.75, 3.05) is 6.54 Å². The molecule has 102 valence electrons. The topological polar surface area (TPSA) is 66.4 Å². The summed E-state index contributed by atoms with van der Waals surface area (Å²) in [5.74, 6) is 0. The van der Waals surface area contributed by atoms with Crippen molar-refractivity contribution in [2.45, 2.75) is 24.1 Å². The lowest BCUT2D eigenvalue weighted by molar-refractivity contribution is -0.200. The molecule has 0 heterocycles. The van der Waals surface area contributed by atoms with Gasteiger partial charge in [0.25, 0.3) is 0 Å². The SMILES string of the molecule is Cc1ccc(S(=O)(=O)NCC(O)C(F)(F)F)cc1. The molecule has 1 rings (SSSR count). The van der Waals surface area contributed by atoms with Crippen LogP contribution in [-0.2, 0) is 10.0 Å². The number of aliphatic hydroxyl groups is 1. The minimum atomic E-state index is -4.85. The number of rotatable bonds is 4. The van der Waals surface area contributed by atoms with Gasteiger partial charge in [-0.2, -0.15) is 13.2 Å². The van der Waals surface area contributed by atoms with Crippen molar-refractivity contribution in [2.24, 2.45) is 0 Å². The molecule has 0 bridgehead atoms. The maximum Gasteiger partial charge on any atom is 0.415 e. The average molecular weight is 283 g/mol. The molecule has 0 fully saturated rings. The van der Waals surface area contributed by atoms with Crippen LogP contribution >= 0.6 is 0 Å². The highest BCUT2D eigenvalue weighted by Gasteiger charge is 2.38. The summed E-state index contributed by atoms with van der Waals surface area (Å²) in [5, 5.41) is 8.69. The second-order valence-electron chi connectivity index (χ2n) is 3.72. The van der Waals surface area contributed by atoms with E-state index in [4.69, 9.17) is 5.11 Å². The van der Waals surface area contributed by atoms with Crippen LogP contribution in [0.5, 0.6) is 0 Å². The predicted octanol–water partition coefficient (Wildman–Crippen LogP) is 1.20. The van der Waals surface area contributed by atoms with Crippen molar-refractivity contribution in [1.29, 1.82) is 0 Å². The third-order valence-electron chi connectivity index (χ3n) is 2.18. The molecule has 0 saturated carbocycles. The summed E-state index contributed by atoms with van der Waals surface area (Å²) in [6.45, 7) is 0.636. The molecule has 1 atom stereocenters. The summed E-state index contributed by atoms with van der Waals surface area (Å²) >= 11 is 0. The van der Waals surface area contributed by atoms with E-state index in [1.54, 1.807) is 11.6 Å². The Hall–Kier alpha value is -1.12. The fourth-order valence-corrected chi connectivity index (χ4v) is 2.14. The van der Waals surface area contributed by atoms with Gasteiger partial charge in [-0.1, -0.05) is 17.7 Å². The van der Waals surface area contributed by atoms with Crippen LogP contribution in [0.1, 0.15) is 5.56 Å². The largest absolute Gasteiger partial charge is 0.415 e. The van der Waals surface area contributed by atoms with Gasteiger partial charge in [0.15, 0.2) is 6.10 Å². The van der Waals surface area contributed by atoms with E-state index in [0.717, 1.165) is 5.56 Å². The van der Waals surface area contributed by atoms with E-state index in [1.165, 1.54) is 24.3 Å². The molecule has 18 heavy (non-hydrogen) atoms. The van der Waals surface area contributed by atoms with Crippen molar-refractivity contribution < 1.29 is 26.7 Å². The minimum absolute atomic E-state index is 0.150. The Kier molecular flexibility index (Phi) is 4.36. The molecule has 4 nitrogen and oxygen atoms in total. The standard InChI is InChI=1S/C10H12F3NO3S/c1-7-2-4-8(5-3-7)18(16,17)14-6-9(15)10(11,12)13/h2-5,9,14-15H,6H2,1H3. The molecule has 8 heteroatoms. The fraction of sp³-hybridized carbons (Fsp3) is 0.400. The van der Waals surface area contributed by atoms with Crippen LogP contribution in [0.2, 0.25) is 0 Å². The lowest BCUT2D eigenvalue weighted by atomic mass is 10.2. The molecule has 1 unspecified atom stereocenters. The average Bonchev–Trinajstić information content (AvgIpc) is 2.25. The monoisotopic (exact) mass is 283 g/mol. The first-order valence-corrected chi connectivity index (χ1v) is 6.42. The van der Waals surface area contributed by atoms with Crippen LogP contribution in [-0.4, -0.2) is 32.3 Å². The number of aryl methyl sites for hydroxylation is 1. The zero-order chi connectivity index (χ0) is 14.0. The minimum Gasteiger partial charge on any atom is -0.382 e. The maximum absolute atomic E-state index is 12.0. The second kappa shape index (κ2) is 5.25. The van der Waals surface area contributed by atoms with Crippen LogP contribution in [0.25, 0.3) is 0 Å². The smallest absolute Gasteiger partial charge is 0.382 e. The summed E-state index contributed by atoms with van der Waals surface area (Å²) < 4.78 is 60.9. The van der Waals surface area contributed by atoms with Gasteiger partial charge in [0.1, 0.15) is 0 Å². The van der Waals surface area contributed by atoms with Gasteiger partial charge < -0.3 is 5.11 Å². The highest BCUT2D eigenvalue weighted by molar-refractivity contribution is 7.89. The zero-order valence-electron chi connectivity index (χ0n) is 9.40. The van der Waals surface area contributed by atoms with E-state index >= 15 is 0 Å². The second-order valence-corrected chi connectivity index (χ2v) is 5.49. The van der Waals surface area contributed by atoms with E-state index < -0.39 is 28.8 Å². The van der Waals surface area contributed by atoms with Crippen LogP contribution in [0.3, 0.4) is 0 Å². The number of aliphatic hydroxyl groups excluding tert-OH is 1. The molecule has 0 aromatic heterocycles. The van der Waals surface area contributed by atoms with Gasteiger partial charge in [-0.25, -0.2) is 13.1 Å². The van der Waals surface area contributed by atoms with Gasteiger partial charge in [-0.05, 0) is 19.1 Å². The van der Waals surface area contributed by atoms with Gasteiger partial charge in [-0.3, -0.25) is 0 Å². The number of alkyl halides is 3. The fourth-order valence-electron chi connectivity index (χ4n) is 1.11. The van der Waals surface area contributed by atoms with Crippen LogP contribution < -0.4 is 4.72 Å². The van der Waals surface area contributed by atoms with Crippen LogP contribution in [0.4, 0.5) is 13.2 Å². The molecular formula is C10H12F3NO3S. The van der Waals surface area contributed by atoms with E-state index in [2.05, 4.69) is 0 Å². The third-order valence-corrected chi connectivity index (χ3v) is 3.62. The summed E-state index contributed by atoms with van der Waals surface area (Å²) in [6, 6.07) is 5.60. The van der Waals surface area contributed by atoms with E-state index in [9.17, 15) is 21.6 Å². The zero-order valence-corrected chi connectivity index (χ0v) is 10.2. The molecule has 2 N–H and O–H groups in total. The molecule has 0 aliphatic rings. The predicted molar refractivity (Wildman–Crippen MR) is 58.4 cm³/mol. The molecule has 1 aromatic rings. The normalized spacial score (nSPS) is 14.5. The van der Waals surface area contributed by atoms with Crippen LogP contribution in [0.15, 0.2) is 29.2 Å². The van der Waals surface area contributed by atoms with E-state index in [0.29, 0.717) is 0 Å². The molecule has 0 radical (unpaired) electrons.